The van der Waals surface area contributed by atoms with Crippen molar-refractivity contribution < 1.29 is 24.3 Å². The maximum Gasteiger partial charge on any atom is 0.328 e. The van der Waals surface area contributed by atoms with Gasteiger partial charge in [-0.05, 0) is 40.5 Å². The van der Waals surface area contributed by atoms with Gasteiger partial charge in [0.2, 0.25) is 11.8 Å². The number of hydrogen-bond acceptors (Lipinski definition) is 5. The Balaban J connectivity index is 4.84. The van der Waals surface area contributed by atoms with Crippen LogP contribution in [0.3, 0.4) is 0 Å². The fraction of sp³-hybridized carbons (Fsp3) is 0.714. The van der Waals surface area contributed by atoms with Gasteiger partial charge in [0.1, 0.15) is 11.1 Å². The highest BCUT2D eigenvalue weighted by atomic mass is 127. The summed E-state index contributed by atoms with van der Waals surface area (Å²) in [6.07, 6.45) is 0.732. The number of rotatable bonds is 9. The van der Waals surface area contributed by atoms with Gasteiger partial charge in [0.05, 0.1) is 28.9 Å². The highest BCUT2D eigenvalue weighted by Crippen LogP contribution is 2.22. The molecule has 0 saturated carbocycles. The van der Waals surface area contributed by atoms with Crippen molar-refractivity contribution in [2.24, 2.45) is 11.5 Å². The van der Waals surface area contributed by atoms with Gasteiger partial charge in [-0.15, -0.1) is 0 Å². The van der Waals surface area contributed by atoms with Crippen molar-refractivity contribution in [2.45, 2.75) is 57.7 Å². The fourth-order valence-corrected chi connectivity index (χ4v) is 2.23. The standard InChI is InChI=1S/C14H26IN5O5/c1-13(2,11(23)24)19-10(22)14(3,4)20(15)9(21)8(16)6-5-7-18-12(17)25/h8H,5-7,16H2,1-4H3,(H,19,22)(H,23,24)(H3,17,18,25)/t8-/m0/s1. The van der Waals surface area contributed by atoms with Crippen LogP contribution < -0.4 is 22.1 Å². The Kier molecular flexibility index (Phi) is 8.58. The molecular formula is C14H26IN5O5. The zero-order chi connectivity index (χ0) is 20.0. The molecule has 0 aromatic carbocycles. The second kappa shape index (κ2) is 9.17. The Hall–Kier alpha value is -1.63. The van der Waals surface area contributed by atoms with Crippen LogP contribution in [0.5, 0.6) is 0 Å². The van der Waals surface area contributed by atoms with E-state index in [0.717, 1.165) is 3.11 Å². The molecule has 0 bridgehead atoms. The zero-order valence-corrected chi connectivity index (χ0v) is 16.9. The number of carboxylic acids is 1. The minimum Gasteiger partial charge on any atom is -0.480 e. The number of nitrogens with one attached hydrogen (secondary N) is 2. The Morgan fingerprint density at radius 3 is 2.16 bits per heavy atom. The van der Waals surface area contributed by atoms with Gasteiger partial charge in [0.25, 0.3) is 0 Å². The number of amides is 4. The van der Waals surface area contributed by atoms with Crippen molar-refractivity contribution in [3.8, 4) is 0 Å². The highest BCUT2D eigenvalue weighted by Gasteiger charge is 2.41. The third kappa shape index (κ3) is 7.02. The summed E-state index contributed by atoms with van der Waals surface area (Å²) in [5.74, 6) is -2.29. The molecule has 0 spiro atoms. The molecule has 0 aromatic rings. The molecule has 11 heteroatoms. The lowest BCUT2D eigenvalue weighted by Gasteiger charge is -2.36. The summed E-state index contributed by atoms with van der Waals surface area (Å²) in [4.78, 5) is 46.5. The van der Waals surface area contributed by atoms with Gasteiger partial charge < -0.3 is 27.2 Å². The summed E-state index contributed by atoms with van der Waals surface area (Å²) >= 11 is 1.69. The number of nitrogens with two attached hydrogens (primary N) is 2. The second-order valence-corrected chi connectivity index (χ2v) is 7.57. The van der Waals surface area contributed by atoms with Crippen molar-refractivity contribution >= 4 is 46.7 Å². The van der Waals surface area contributed by atoms with Gasteiger partial charge in [-0.3, -0.25) is 12.7 Å². The first-order chi connectivity index (χ1) is 11.2. The van der Waals surface area contributed by atoms with E-state index in [1.54, 1.807) is 22.9 Å². The molecule has 4 amide bonds. The van der Waals surface area contributed by atoms with E-state index < -0.39 is 40.9 Å². The molecule has 144 valence electrons. The molecular weight excluding hydrogens is 445 g/mol. The van der Waals surface area contributed by atoms with E-state index in [4.69, 9.17) is 16.6 Å². The average Bonchev–Trinajstić information content (AvgIpc) is 2.48. The van der Waals surface area contributed by atoms with Gasteiger partial charge in [-0.1, -0.05) is 0 Å². The lowest BCUT2D eigenvalue weighted by molar-refractivity contribution is -0.148. The lowest BCUT2D eigenvalue weighted by atomic mass is 9.99. The minimum absolute atomic E-state index is 0.286. The van der Waals surface area contributed by atoms with E-state index in [2.05, 4.69) is 10.6 Å². The second-order valence-electron chi connectivity index (χ2n) is 6.60. The van der Waals surface area contributed by atoms with E-state index >= 15 is 0 Å². The Bertz CT molecular complexity index is 538. The van der Waals surface area contributed by atoms with Crippen molar-refractivity contribution in [2.75, 3.05) is 6.54 Å². The Morgan fingerprint density at radius 2 is 1.72 bits per heavy atom. The predicted octanol–water partition coefficient (Wildman–Crippen LogP) is -0.301. The first kappa shape index (κ1) is 23.4. The van der Waals surface area contributed by atoms with Crippen LogP contribution in [0, 0.1) is 0 Å². The molecule has 0 aromatic heterocycles. The number of aliphatic carboxylic acids is 1. The molecule has 0 saturated heterocycles. The lowest BCUT2D eigenvalue weighted by Crippen LogP contribution is -2.61. The molecule has 0 aliphatic heterocycles. The number of carbonyl (C=O) groups excluding carboxylic acids is 3. The van der Waals surface area contributed by atoms with Crippen LogP contribution in [-0.4, -0.2) is 55.7 Å². The Labute approximate surface area is 160 Å². The first-order valence-electron chi connectivity index (χ1n) is 7.58. The largest absolute Gasteiger partial charge is 0.480 e. The minimum atomic E-state index is -1.47. The third-order valence-electron chi connectivity index (χ3n) is 3.51. The third-order valence-corrected chi connectivity index (χ3v) is 5.19. The average molecular weight is 471 g/mol. The molecule has 0 heterocycles. The number of hydrogen-bond donors (Lipinski definition) is 5. The van der Waals surface area contributed by atoms with Gasteiger partial charge in [-0.2, -0.15) is 0 Å². The number of nitrogens with zero attached hydrogens (tertiary/aromatic N) is 1. The molecule has 25 heavy (non-hydrogen) atoms. The van der Waals surface area contributed by atoms with E-state index in [9.17, 15) is 19.2 Å². The molecule has 0 fully saturated rings. The van der Waals surface area contributed by atoms with Crippen LogP contribution in [0.25, 0.3) is 0 Å². The summed E-state index contributed by atoms with van der Waals surface area (Å²) in [5.41, 5.74) is 7.99. The number of carbonyl (C=O) groups is 4. The van der Waals surface area contributed by atoms with Crippen LogP contribution >= 0.6 is 22.9 Å². The summed E-state index contributed by atoms with van der Waals surface area (Å²) in [7, 11) is 0. The van der Waals surface area contributed by atoms with Crippen LogP contribution in [0.15, 0.2) is 0 Å². The fourth-order valence-electron chi connectivity index (χ4n) is 1.66. The number of carboxylic acid groups (broad SMARTS) is 1. The van der Waals surface area contributed by atoms with E-state index in [0.29, 0.717) is 6.42 Å². The quantitative estimate of drug-likeness (QED) is 0.176. The zero-order valence-electron chi connectivity index (χ0n) is 14.8. The van der Waals surface area contributed by atoms with Gasteiger partial charge >= 0.3 is 12.0 Å². The summed E-state index contributed by atoms with van der Waals surface area (Å²) in [6.45, 7) is 5.96. The number of halogens is 1. The van der Waals surface area contributed by atoms with E-state index in [-0.39, 0.29) is 13.0 Å². The Morgan fingerprint density at radius 1 is 1.20 bits per heavy atom. The predicted molar refractivity (Wildman–Crippen MR) is 99.6 cm³/mol. The molecule has 1 atom stereocenters. The molecule has 0 aliphatic carbocycles. The molecule has 0 aliphatic rings. The molecule has 0 unspecified atom stereocenters. The highest BCUT2D eigenvalue weighted by molar-refractivity contribution is 14.1. The maximum absolute atomic E-state index is 12.4. The van der Waals surface area contributed by atoms with Gasteiger partial charge in [0, 0.05) is 6.54 Å². The molecule has 7 N–H and O–H groups in total. The van der Waals surface area contributed by atoms with Crippen LogP contribution in [0.4, 0.5) is 4.79 Å². The van der Waals surface area contributed by atoms with E-state index in [1.165, 1.54) is 27.7 Å². The van der Waals surface area contributed by atoms with Crippen LogP contribution in [0.1, 0.15) is 40.5 Å². The van der Waals surface area contributed by atoms with Gasteiger partial charge in [0.15, 0.2) is 0 Å². The summed E-state index contributed by atoms with van der Waals surface area (Å²) in [5, 5.41) is 13.9. The first-order valence-corrected chi connectivity index (χ1v) is 8.54. The van der Waals surface area contributed by atoms with Crippen LogP contribution in [0.2, 0.25) is 0 Å². The smallest absolute Gasteiger partial charge is 0.328 e. The van der Waals surface area contributed by atoms with Crippen molar-refractivity contribution in [1.29, 1.82) is 0 Å². The normalized spacial score (nSPS) is 12.9. The topological polar surface area (TPSA) is 168 Å². The SMILES string of the molecule is CC(C)(NC(=O)C(C)(C)N(I)C(=O)[C@@H](N)CCCNC(N)=O)C(=O)O. The van der Waals surface area contributed by atoms with E-state index in [1.807, 2.05) is 0 Å². The summed E-state index contributed by atoms with van der Waals surface area (Å²) < 4.78 is 1.16. The van der Waals surface area contributed by atoms with Crippen molar-refractivity contribution in [1.82, 2.24) is 13.7 Å². The van der Waals surface area contributed by atoms with Crippen molar-refractivity contribution in [3.63, 3.8) is 0 Å². The molecule has 0 radical (unpaired) electrons. The number of primary amides is 1. The number of urea groups is 1. The monoisotopic (exact) mass is 471 g/mol. The van der Waals surface area contributed by atoms with Crippen LogP contribution in [-0.2, 0) is 14.4 Å². The maximum atomic E-state index is 12.4. The molecule has 10 nitrogen and oxygen atoms in total. The van der Waals surface area contributed by atoms with Gasteiger partial charge in [-0.25, -0.2) is 9.59 Å². The summed E-state index contributed by atoms with van der Waals surface area (Å²) in [6, 6.07) is -1.53. The molecule has 0 rings (SSSR count). The van der Waals surface area contributed by atoms with Crippen molar-refractivity contribution in [3.05, 3.63) is 0 Å².